The van der Waals surface area contributed by atoms with Gasteiger partial charge in [0.15, 0.2) is 5.96 Å². The van der Waals surface area contributed by atoms with E-state index in [4.69, 9.17) is 6.42 Å². The first-order chi connectivity index (χ1) is 8.67. The fourth-order valence-electron chi connectivity index (χ4n) is 1.29. The average Bonchev–Trinajstić information content (AvgIpc) is 2.34. The van der Waals surface area contributed by atoms with E-state index in [1.165, 1.54) is 6.07 Å². The minimum atomic E-state index is -0.277. The standard InChI is InChI=1S/C13H15BrFN3/c1-3-7-17-13(16-4-2)18-9-10-5-6-11(14)8-12(10)15/h1,5-6,8H,4,7,9H2,2H3,(H2,16,17,18). The molecule has 0 atom stereocenters. The number of terminal acetylenes is 1. The topological polar surface area (TPSA) is 36.4 Å². The predicted molar refractivity (Wildman–Crippen MR) is 75.8 cm³/mol. The first-order valence-corrected chi connectivity index (χ1v) is 6.36. The van der Waals surface area contributed by atoms with Crippen molar-refractivity contribution in [3.8, 4) is 12.3 Å². The van der Waals surface area contributed by atoms with Crippen molar-refractivity contribution in [2.75, 3.05) is 13.1 Å². The Morgan fingerprint density at radius 2 is 2.28 bits per heavy atom. The molecule has 0 aromatic heterocycles. The Bertz CT molecular complexity index is 466. The Balaban J connectivity index is 2.71. The number of nitrogens with one attached hydrogen (secondary N) is 2. The summed E-state index contributed by atoms with van der Waals surface area (Å²) in [6.07, 6.45) is 5.16. The Kier molecular flexibility index (Phi) is 6.23. The van der Waals surface area contributed by atoms with Gasteiger partial charge in [0.25, 0.3) is 0 Å². The van der Waals surface area contributed by atoms with Crippen LogP contribution in [0.5, 0.6) is 0 Å². The van der Waals surface area contributed by atoms with E-state index in [0.717, 1.165) is 6.54 Å². The molecular formula is C13H15BrFN3. The summed E-state index contributed by atoms with van der Waals surface area (Å²) in [7, 11) is 0. The zero-order valence-electron chi connectivity index (χ0n) is 10.1. The number of guanidine groups is 1. The van der Waals surface area contributed by atoms with Gasteiger partial charge in [-0.1, -0.05) is 27.9 Å². The molecule has 0 fully saturated rings. The van der Waals surface area contributed by atoms with Gasteiger partial charge in [-0.2, -0.15) is 0 Å². The highest BCUT2D eigenvalue weighted by Crippen LogP contribution is 2.15. The Morgan fingerprint density at radius 3 is 2.89 bits per heavy atom. The molecule has 2 N–H and O–H groups in total. The van der Waals surface area contributed by atoms with Crippen LogP contribution in [0.2, 0.25) is 0 Å². The van der Waals surface area contributed by atoms with E-state index in [2.05, 4.69) is 37.5 Å². The van der Waals surface area contributed by atoms with E-state index >= 15 is 0 Å². The maximum atomic E-state index is 13.6. The van der Waals surface area contributed by atoms with Crippen molar-refractivity contribution < 1.29 is 4.39 Å². The lowest BCUT2D eigenvalue weighted by molar-refractivity contribution is 0.609. The van der Waals surface area contributed by atoms with Gasteiger partial charge in [0.1, 0.15) is 5.82 Å². The van der Waals surface area contributed by atoms with Crippen LogP contribution in [0.3, 0.4) is 0 Å². The maximum Gasteiger partial charge on any atom is 0.192 e. The van der Waals surface area contributed by atoms with Crippen molar-refractivity contribution in [1.82, 2.24) is 10.6 Å². The van der Waals surface area contributed by atoms with E-state index in [1.807, 2.05) is 6.92 Å². The number of hydrogen-bond donors (Lipinski definition) is 2. The van der Waals surface area contributed by atoms with Crippen molar-refractivity contribution >= 4 is 21.9 Å². The minimum Gasteiger partial charge on any atom is -0.357 e. The Labute approximate surface area is 115 Å². The lowest BCUT2D eigenvalue weighted by atomic mass is 10.2. The van der Waals surface area contributed by atoms with Gasteiger partial charge >= 0.3 is 0 Å². The maximum absolute atomic E-state index is 13.6. The normalized spacial score (nSPS) is 10.9. The summed E-state index contributed by atoms with van der Waals surface area (Å²) < 4.78 is 14.3. The van der Waals surface area contributed by atoms with Gasteiger partial charge in [0.05, 0.1) is 13.1 Å². The minimum absolute atomic E-state index is 0.263. The van der Waals surface area contributed by atoms with E-state index in [0.29, 0.717) is 22.5 Å². The Hall–Kier alpha value is -1.54. The third kappa shape index (κ3) is 4.76. The summed E-state index contributed by atoms with van der Waals surface area (Å²) in [6, 6.07) is 4.91. The number of hydrogen-bond acceptors (Lipinski definition) is 1. The highest BCUT2D eigenvalue weighted by molar-refractivity contribution is 9.10. The summed E-state index contributed by atoms with van der Waals surface area (Å²) in [5, 5.41) is 5.97. The molecule has 0 amide bonds. The van der Waals surface area contributed by atoms with Gasteiger partial charge in [0, 0.05) is 16.6 Å². The number of halogens is 2. The summed E-state index contributed by atoms with van der Waals surface area (Å²) in [5.41, 5.74) is 0.538. The SMILES string of the molecule is C#CCNC(=NCc1ccc(Br)cc1F)NCC. The first-order valence-electron chi connectivity index (χ1n) is 5.57. The highest BCUT2D eigenvalue weighted by Gasteiger charge is 2.02. The molecule has 0 aliphatic rings. The van der Waals surface area contributed by atoms with Gasteiger partial charge in [-0.3, -0.25) is 0 Å². The molecule has 3 nitrogen and oxygen atoms in total. The molecule has 5 heteroatoms. The molecule has 1 aromatic rings. The molecule has 1 rings (SSSR count). The third-order valence-electron chi connectivity index (χ3n) is 2.12. The summed E-state index contributed by atoms with van der Waals surface area (Å²) in [6.45, 7) is 3.32. The monoisotopic (exact) mass is 311 g/mol. The third-order valence-corrected chi connectivity index (χ3v) is 2.62. The number of aliphatic imine (C=N–C) groups is 1. The van der Waals surface area contributed by atoms with Crippen LogP contribution in [0.4, 0.5) is 4.39 Å². The van der Waals surface area contributed by atoms with Gasteiger partial charge in [-0.15, -0.1) is 6.42 Å². The van der Waals surface area contributed by atoms with E-state index in [-0.39, 0.29) is 12.4 Å². The summed E-state index contributed by atoms with van der Waals surface area (Å²) in [4.78, 5) is 4.26. The van der Waals surface area contributed by atoms with E-state index < -0.39 is 0 Å². The Morgan fingerprint density at radius 1 is 1.50 bits per heavy atom. The van der Waals surface area contributed by atoms with Crippen LogP contribution in [-0.2, 0) is 6.54 Å². The molecule has 96 valence electrons. The average molecular weight is 312 g/mol. The number of rotatable bonds is 4. The molecule has 0 heterocycles. The molecule has 1 aromatic carbocycles. The second-order valence-electron chi connectivity index (χ2n) is 3.49. The first kappa shape index (κ1) is 14.5. The second-order valence-corrected chi connectivity index (χ2v) is 4.40. The van der Waals surface area contributed by atoms with E-state index in [9.17, 15) is 4.39 Å². The summed E-state index contributed by atoms with van der Waals surface area (Å²) in [5.74, 6) is 2.77. The van der Waals surface area contributed by atoms with Crippen LogP contribution < -0.4 is 10.6 Å². The molecule has 0 saturated carbocycles. The van der Waals surface area contributed by atoms with Crippen LogP contribution in [0.1, 0.15) is 12.5 Å². The molecule has 0 unspecified atom stereocenters. The van der Waals surface area contributed by atoms with Gasteiger partial charge < -0.3 is 10.6 Å². The smallest absolute Gasteiger partial charge is 0.192 e. The van der Waals surface area contributed by atoms with Gasteiger partial charge in [-0.25, -0.2) is 9.38 Å². The molecular weight excluding hydrogens is 297 g/mol. The lowest BCUT2D eigenvalue weighted by Crippen LogP contribution is -2.37. The molecule has 0 aliphatic heterocycles. The zero-order valence-corrected chi connectivity index (χ0v) is 11.7. The zero-order chi connectivity index (χ0) is 13.4. The van der Waals surface area contributed by atoms with Crippen molar-refractivity contribution in [3.05, 3.63) is 34.1 Å². The van der Waals surface area contributed by atoms with Gasteiger partial charge in [-0.05, 0) is 19.1 Å². The molecule has 18 heavy (non-hydrogen) atoms. The lowest BCUT2D eigenvalue weighted by Gasteiger charge is -2.09. The van der Waals surface area contributed by atoms with Gasteiger partial charge in [0.2, 0.25) is 0 Å². The molecule has 0 saturated heterocycles. The van der Waals surface area contributed by atoms with Crippen molar-refractivity contribution in [2.24, 2.45) is 4.99 Å². The number of nitrogens with zero attached hydrogens (tertiary/aromatic N) is 1. The van der Waals surface area contributed by atoms with Crippen LogP contribution >= 0.6 is 15.9 Å². The van der Waals surface area contributed by atoms with E-state index in [1.54, 1.807) is 12.1 Å². The fraction of sp³-hybridized carbons (Fsp3) is 0.308. The van der Waals surface area contributed by atoms with Crippen LogP contribution in [0.15, 0.2) is 27.7 Å². The molecule has 0 spiro atoms. The quantitative estimate of drug-likeness (QED) is 0.508. The fourth-order valence-corrected chi connectivity index (χ4v) is 1.62. The van der Waals surface area contributed by atoms with Crippen LogP contribution in [-0.4, -0.2) is 19.0 Å². The largest absolute Gasteiger partial charge is 0.357 e. The number of benzene rings is 1. The van der Waals surface area contributed by atoms with Crippen molar-refractivity contribution in [3.63, 3.8) is 0 Å². The second kappa shape index (κ2) is 7.72. The highest BCUT2D eigenvalue weighted by atomic mass is 79.9. The van der Waals surface area contributed by atoms with Crippen molar-refractivity contribution in [1.29, 1.82) is 0 Å². The van der Waals surface area contributed by atoms with Crippen LogP contribution in [0.25, 0.3) is 0 Å². The van der Waals surface area contributed by atoms with Crippen LogP contribution in [0, 0.1) is 18.2 Å². The summed E-state index contributed by atoms with van der Waals surface area (Å²) >= 11 is 3.21. The molecule has 0 bridgehead atoms. The van der Waals surface area contributed by atoms with Crippen molar-refractivity contribution in [2.45, 2.75) is 13.5 Å². The molecule has 0 radical (unpaired) electrons. The predicted octanol–water partition coefficient (Wildman–Crippen LogP) is 2.28. The molecule has 0 aliphatic carbocycles.